The number of anilines is 4. The minimum Gasteiger partial charge on any atom is -0.378 e. The summed E-state index contributed by atoms with van der Waals surface area (Å²) >= 11 is 0. The average molecular weight is 368 g/mol. The highest BCUT2D eigenvalue weighted by molar-refractivity contribution is 6.03. The number of aromatic nitrogens is 1. The van der Waals surface area contributed by atoms with Crippen LogP contribution in [0.3, 0.4) is 0 Å². The van der Waals surface area contributed by atoms with E-state index in [4.69, 9.17) is 0 Å². The lowest BCUT2D eigenvalue weighted by Crippen LogP contribution is -2.16. The van der Waals surface area contributed by atoms with Crippen molar-refractivity contribution in [3.8, 4) is 0 Å². The predicted octanol–water partition coefficient (Wildman–Crippen LogP) is 4.42. The maximum Gasteiger partial charge on any atom is 0.274 e. The minimum absolute atomic E-state index is 0.0348. The molecule has 5 nitrogen and oxygen atoms in total. The number of pyridine rings is 1. The third kappa shape index (κ3) is 4.38. The Labute approximate surface area is 155 Å². The van der Waals surface area contributed by atoms with Crippen molar-refractivity contribution in [3.63, 3.8) is 0 Å². The van der Waals surface area contributed by atoms with Crippen LogP contribution in [0.5, 0.6) is 0 Å². The van der Waals surface area contributed by atoms with Gasteiger partial charge in [-0.2, -0.15) is 0 Å². The maximum atomic E-state index is 13.7. The molecule has 0 saturated heterocycles. The largest absolute Gasteiger partial charge is 0.378 e. The summed E-state index contributed by atoms with van der Waals surface area (Å²) < 4.78 is 27.4. The Morgan fingerprint density at radius 2 is 1.63 bits per heavy atom. The molecule has 0 aliphatic heterocycles. The van der Waals surface area contributed by atoms with E-state index in [0.717, 1.165) is 23.5 Å². The lowest BCUT2D eigenvalue weighted by molar-refractivity contribution is 0.102. The zero-order valence-electron chi connectivity index (χ0n) is 14.8. The van der Waals surface area contributed by atoms with E-state index in [1.165, 1.54) is 18.3 Å². The summed E-state index contributed by atoms with van der Waals surface area (Å²) in [6.07, 6.45) is 1.45. The molecule has 0 aliphatic carbocycles. The van der Waals surface area contributed by atoms with E-state index in [0.29, 0.717) is 5.69 Å². The molecule has 3 rings (SSSR count). The zero-order chi connectivity index (χ0) is 19.4. The number of hydrogen-bond donors (Lipinski definition) is 2. The van der Waals surface area contributed by atoms with Crippen LogP contribution < -0.4 is 15.5 Å². The topological polar surface area (TPSA) is 57.3 Å². The van der Waals surface area contributed by atoms with Crippen LogP contribution in [0, 0.1) is 11.6 Å². The SMILES string of the molecule is CN(C)c1ccc(Nc2ccnc(C(=O)Nc3c(F)cccc3F)c2)cc1. The first-order valence-corrected chi connectivity index (χ1v) is 8.20. The summed E-state index contributed by atoms with van der Waals surface area (Å²) in [7, 11) is 3.91. The summed E-state index contributed by atoms with van der Waals surface area (Å²) in [6, 6.07) is 14.3. The van der Waals surface area contributed by atoms with Crippen LogP contribution in [-0.4, -0.2) is 25.0 Å². The van der Waals surface area contributed by atoms with Crippen molar-refractivity contribution in [1.82, 2.24) is 4.98 Å². The van der Waals surface area contributed by atoms with Crippen molar-refractivity contribution in [2.24, 2.45) is 0 Å². The number of benzene rings is 2. The van der Waals surface area contributed by atoms with Gasteiger partial charge in [-0.25, -0.2) is 8.78 Å². The number of carbonyl (C=O) groups excluding carboxylic acids is 1. The quantitative estimate of drug-likeness (QED) is 0.700. The Morgan fingerprint density at radius 3 is 2.26 bits per heavy atom. The fourth-order valence-corrected chi connectivity index (χ4v) is 2.44. The number of nitrogens with one attached hydrogen (secondary N) is 2. The van der Waals surface area contributed by atoms with Crippen molar-refractivity contribution in [1.29, 1.82) is 0 Å². The number of halogens is 2. The van der Waals surface area contributed by atoms with E-state index in [1.54, 1.807) is 6.07 Å². The third-order valence-corrected chi connectivity index (χ3v) is 3.87. The number of nitrogens with zero attached hydrogens (tertiary/aromatic N) is 2. The Hall–Kier alpha value is -3.48. The molecule has 0 aliphatic rings. The summed E-state index contributed by atoms with van der Waals surface area (Å²) in [4.78, 5) is 18.3. The fraction of sp³-hybridized carbons (Fsp3) is 0.100. The van der Waals surface area contributed by atoms with Crippen molar-refractivity contribution in [2.75, 3.05) is 29.6 Å². The van der Waals surface area contributed by atoms with Crippen molar-refractivity contribution < 1.29 is 13.6 Å². The molecule has 138 valence electrons. The summed E-state index contributed by atoms with van der Waals surface area (Å²) in [5.41, 5.74) is 2.05. The lowest BCUT2D eigenvalue weighted by Gasteiger charge is -2.13. The van der Waals surface area contributed by atoms with E-state index < -0.39 is 23.2 Å². The smallest absolute Gasteiger partial charge is 0.274 e. The molecule has 0 unspecified atom stereocenters. The first kappa shape index (κ1) is 18.3. The van der Waals surface area contributed by atoms with Gasteiger partial charge in [0.25, 0.3) is 5.91 Å². The van der Waals surface area contributed by atoms with Crippen LogP contribution in [0.15, 0.2) is 60.8 Å². The number of para-hydroxylation sites is 1. The van der Waals surface area contributed by atoms with Crippen LogP contribution in [0.2, 0.25) is 0 Å². The zero-order valence-corrected chi connectivity index (χ0v) is 14.8. The van der Waals surface area contributed by atoms with Crippen LogP contribution in [0.1, 0.15) is 10.5 Å². The van der Waals surface area contributed by atoms with Crippen LogP contribution in [-0.2, 0) is 0 Å². The molecule has 0 saturated carbocycles. The lowest BCUT2D eigenvalue weighted by atomic mass is 10.2. The van der Waals surface area contributed by atoms with Crippen LogP contribution in [0.4, 0.5) is 31.5 Å². The molecule has 0 radical (unpaired) electrons. The van der Waals surface area contributed by atoms with E-state index in [9.17, 15) is 13.6 Å². The second kappa shape index (κ2) is 7.82. The van der Waals surface area contributed by atoms with Crippen LogP contribution >= 0.6 is 0 Å². The molecule has 2 aromatic carbocycles. The monoisotopic (exact) mass is 368 g/mol. The third-order valence-electron chi connectivity index (χ3n) is 3.87. The standard InChI is InChI=1S/C20H18F2N4O/c1-26(2)15-8-6-13(7-9-15)24-14-10-11-23-18(12-14)20(27)25-19-16(21)4-3-5-17(19)22/h3-12H,1-2H3,(H,23,24)(H,25,27). The fourth-order valence-electron chi connectivity index (χ4n) is 2.44. The maximum absolute atomic E-state index is 13.7. The van der Waals surface area contributed by atoms with Gasteiger partial charge in [-0.05, 0) is 48.5 Å². The molecule has 1 heterocycles. The molecule has 27 heavy (non-hydrogen) atoms. The highest BCUT2D eigenvalue weighted by Gasteiger charge is 2.14. The van der Waals surface area contributed by atoms with E-state index in [1.807, 2.05) is 43.3 Å². The van der Waals surface area contributed by atoms with E-state index >= 15 is 0 Å². The number of amides is 1. The highest BCUT2D eigenvalue weighted by atomic mass is 19.1. The summed E-state index contributed by atoms with van der Waals surface area (Å²) in [5.74, 6) is -2.40. The molecule has 3 aromatic rings. The summed E-state index contributed by atoms with van der Waals surface area (Å²) in [5, 5.41) is 5.39. The van der Waals surface area contributed by atoms with Crippen molar-refractivity contribution >= 4 is 28.7 Å². The van der Waals surface area contributed by atoms with Gasteiger partial charge < -0.3 is 15.5 Å². The molecule has 0 fully saturated rings. The van der Waals surface area contributed by atoms with Gasteiger partial charge in [-0.1, -0.05) is 6.07 Å². The normalized spacial score (nSPS) is 10.4. The molecule has 0 spiro atoms. The first-order chi connectivity index (χ1) is 12.9. The van der Waals surface area contributed by atoms with Gasteiger partial charge in [0.1, 0.15) is 23.0 Å². The molecule has 1 aromatic heterocycles. The van der Waals surface area contributed by atoms with Gasteiger partial charge in [0.05, 0.1) is 0 Å². The van der Waals surface area contributed by atoms with Gasteiger partial charge in [-0.3, -0.25) is 9.78 Å². The van der Waals surface area contributed by atoms with E-state index in [-0.39, 0.29) is 5.69 Å². The van der Waals surface area contributed by atoms with Crippen LogP contribution in [0.25, 0.3) is 0 Å². The Morgan fingerprint density at radius 1 is 0.963 bits per heavy atom. The summed E-state index contributed by atoms with van der Waals surface area (Å²) in [6.45, 7) is 0. The number of hydrogen-bond acceptors (Lipinski definition) is 4. The number of rotatable bonds is 5. The van der Waals surface area contributed by atoms with E-state index in [2.05, 4.69) is 15.6 Å². The van der Waals surface area contributed by atoms with Crippen molar-refractivity contribution in [3.05, 3.63) is 78.1 Å². The highest BCUT2D eigenvalue weighted by Crippen LogP contribution is 2.22. The molecule has 0 atom stereocenters. The average Bonchev–Trinajstić information content (AvgIpc) is 2.65. The van der Waals surface area contributed by atoms with Gasteiger partial charge in [0, 0.05) is 37.4 Å². The first-order valence-electron chi connectivity index (χ1n) is 8.20. The van der Waals surface area contributed by atoms with Gasteiger partial charge >= 0.3 is 0 Å². The molecule has 2 N–H and O–H groups in total. The minimum atomic E-state index is -0.849. The van der Waals surface area contributed by atoms with Gasteiger partial charge in [-0.15, -0.1) is 0 Å². The molecule has 1 amide bonds. The van der Waals surface area contributed by atoms with Gasteiger partial charge in [0.2, 0.25) is 0 Å². The Balaban J connectivity index is 1.76. The Kier molecular flexibility index (Phi) is 5.30. The second-order valence-electron chi connectivity index (χ2n) is 6.05. The Bertz CT molecular complexity index is 938. The molecule has 7 heteroatoms. The second-order valence-corrected chi connectivity index (χ2v) is 6.05. The molecule has 0 bridgehead atoms. The number of carbonyl (C=O) groups is 1. The molecular weight excluding hydrogens is 350 g/mol. The van der Waals surface area contributed by atoms with Gasteiger partial charge in [0.15, 0.2) is 0 Å². The van der Waals surface area contributed by atoms with Crippen molar-refractivity contribution in [2.45, 2.75) is 0 Å². The molecular formula is C20H18F2N4O. The predicted molar refractivity (Wildman–Crippen MR) is 103 cm³/mol.